The fraction of sp³-hybridized carbons (Fsp3) is 0.533. The molecule has 5 nitrogen and oxygen atoms in total. The molecular weight excluding hydrogens is 254 g/mol. The molecule has 2 rings (SSSR count). The van der Waals surface area contributed by atoms with Crippen LogP contribution in [0.25, 0.3) is 0 Å². The lowest BCUT2D eigenvalue weighted by Gasteiger charge is -2.37. The van der Waals surface area contributed by atoms with Crippen LogP contribution in [0.4, 0.5) is 5.69 Å². The van der Waals surface area contributed by atoms with Gasteiger partial charge >= 0.3 is 0 Å². The van der Waals surface area contributed by atoms with Crippen LogP contribution in [0.15, 0.2) is 24.3 Å². The molecule has 0 aromatic heterocycles. The van der Waals surface area contributed by atoms with Crippen molar-refractivity contribution < 1.29 is 9.53 Å². The average Bonchev–Trinajstić information content (AvgIpc) is 2.44. The van der Waals surface area contributed by atoms with Crippen LogP contribution in [-0.4, -0.2) is 55.0 Å². The number of piperazine rings is 1. The number of carbonyl (C=O) groups is 1. The van der Waals surface area contributed by atoms with Crippen molar-refractivity contribution in [1.82, 2.24) is 9.80 Å². The van der Waals surface area contributed by atoms with Gasteiger partial charge in [-0.05, 0) is 26.1 Å². The standard InChI is InChI=1S/C15H23N3O2/c1-12-11-18(9-8-17(12)2)15(19)7-10-20-14-6-4-3-5-13(14)16/h3-6,12H,7-11,16H2,1-2H3. The third kappa shape index (κ3) is 3.63. The third-order valence-electron chi connectivity index (χ3n) is 3.80. The number of anilines is 1. The van der Waals surface area contributed by atoms with E-state index in [1.54, 1.807) is 6.07 Å². The van der Waals surface area contributed by atoms with Crippen molar-refractivity contribution >= 4 is 11.6 Å². The number of nitrogens with two attached hydrogens (primary N) is 1. The number of nitrogens with zero attached hydrogens (tertiary/aromatic N) is 2. The molecule has 1 aliphatic heterocycles. The number of amides is 1. The van der Waals surface area contributed by atoms with Crippen LogP contribution < -0.4 is 10.5 Å². The molecular formula is C15H23N3O2. The highest BCUT2D eigenvalue weighted by Crippen LogP contribution is 2.19. The van der Waals surface area contributed by atoms with Gasteiger partial charge in [-0.1, -0.05) is 12.1 Å². The predicted molar refractivity (Wildman–Crippen MR) is 79.6 cm³/mol. The van der Waals surface area contributed by atoms with E-state index in [4.69, 9.17) is 10.5 Å². The number of nitrogen functional groups attached to an aromatic ring is 1. The van der Waals surface area contributed by atoms with Crippen LogP contribution in [0.2, 0.25) is 0 Å². The van der Waals surface area contributed by atoms with Gasteiger partial charge in [0.15, 0.2) is 0 Å². The quantitative estimate of drug-likeness (QED) is 0.840. The fourth-order valence-electron chi connectivity index (χ4n) is 2.29. The van der Waals surface area contributed by atoms with Gasteiger partial charge in [-0.25, -0.2) is 0 Å². The van der Waals surface area contributed by atoms with Gasteiger partial charge in [0.05, 0.1) is 18.7 Å². The normalized spacial score (nSPS) is 19.9. The summed E-state index contributed by atoms with van der Waals surface area (Å²) in [5.41, 5.74) is 6.39. The monoisotopic (exact) mass is 277 g/mol. The molecule has 1 aromatic rings. The van der Waals surface area contributed by atoms with Crippen molar-refractivity contribution in [2.24, 2.45) is 0 Å². The van der Waals surface area contributed by atoms with Gasteiger partial charge in [0.1, 0.15) is 5.75 Å². The summed E-state index contributed by atoms with van der Waals surface area (Å²) in [6, 6.07) is 7.75. The Bertz CT molecular complexity index is 464. The van der Waals surface area contributed by atoms with Crippen LogP contribution in [0.3, 0.4) is 0 Å². The molecule has 110 valence electrons. The van der Waals surface area contributed by atoms with E-state index in [0.717, 1.165) is 19.6 Å². The second-order valence-corrected chi connectivity index (χ2v) is 5.31. The zero-order valence-electron chi connectivity index (χ0n) is 12.2. The molecule has 1 unspecified atom stereocenters. The summed E-state index contributed by atoms with van der Waals surface area (Å²) in [5.74, 6) is 0.798. The van der Waals surface area contributed by atoms with E-state index in [9.17, 15) is 4.79 Å². The van der Waals surface area contributed by atoms with Gasteiger partial charge < -0.3 is 20.3 Å². The molecule has 0 bridgehead atoms. The molecule has 1 aromatic carbocycles. The largest absolute Gasteiger partial charge is 0.491 e. The second-order valence-electron chi connectivity index (χ2n) is 5.31. The molecule has 0 radical (unpaired) electrons. The Kier molecular flexibility index (Phi) is 4.84. The number of benzene rings is 1. The number of ether oxygens (including phenoxy) is 1. The van der Waals surface area contributed by atoms with Crippen molar-refractivity contribution in [2.45, 2.75) is 19.4 Å². The zero-order valence-corrected chi connectivity index (χ0v) is 12.2. The van der Waals surface area contributed by atoms with Crippen molar-refractivity contribution in [3.8, 4) is 5.75 Å². The van der Waals surface area contributed by atoms with E-state index in [-0.39, 0.29) is 5.91 Å². The second kappa shape index (κ2) is 6.61. The molecule has 20 heavy (non-hydrogen) atoms. The maximum atomic E-state index is 12.1. The van der Waals surface area contributed by atoms with Crippen molar-refractivity contribution in [2.75, 3.05) is 39.0 Å². The maximum Gasteiger partial charge on any atom is 0.226 e. The third-order valence-corrected chi connectivity index (χ3v) is 3.80. The number of para-hydroxylation sites is 2. The smallest absolute Gasteiger partial charge is 0.226 e. The first kappa shape index (κ1) is 14.7. The number of rotatable bonds is 4. The highest BCUT2D eigenvalue weighted by Gasteiger charge is 2.23. The first-order valence-corrected chi connectivity index (χ1v) is 7.03. The van der Waals surface area contributed by atoms with Crippen molar-refractivity contribution in [1.29, 1.82) is 0 Å². The summed E-state index contributed by atoms with van der Waals surface area (Å²) >= 11 is 0. The Morgan fingerprint density at radius 2 is 2.15 bits per heavy atom. The Labute approximate surface area is 120 Å². The molecule has 0 aliphatic carbocycles. The van der Waals surface area contributed by atoms with Gasteiger partial charge in [0.25, 0.3) is 0 Å². The first-order valence-electron chi connectivity index (χ1n) is 7.03. The molecule has 5 heteroatoms. The number of hydrogen-bond acceptors (Lipinski definition) is 4. The molecule has 1 atom stereocenters. The molecule has 1 amide bonds. The highest BCUT2D eigenvalue weighted by atomic mass is 16.5. The Morgan fingerprint density at radius 1 is 1.40 bits per heavy atom. The number of carbonyl (C=O) groups excluding carboxylic acids is 1. The Morgan fingerprint density at radius 3 is 2.85 bits per heavy atom. The van der Waals surface area contributed by atoms with Gasteiger partial charge in [-0.15, -0.1) is 0 Å². The average molecular weight is 277 g/mol. The van der Waals surface area contributed by atoms with E-state index >= 15 is 0 Å². The molecule has 1 aliphatic rings. The number of hydrogen-bond donors (Lipinski definition) is 1. The summed E-state index contributed by atoms with van der Waals surface area (Å²) in [4.78, 5) is 16.3. The summed E-state index contributed by atoms with van der Waals surface area (Å²) < 4.78 is 5.56. The maximum absolute atomic E-state index is 12.1. The zero-order chi connectivity index (χ0) is 14.5. The van der Waals surface area contributed by atoms with Gasteiger partial charge in [0, 0.05) is 25.7 Å². The minimum absolute atomic E-state index is 0.152. The molecule has 1 saturated heterocycles. The van der Waals surface area contributed by atoms with E-state index in [2.05, 4.69) is 18.9 Å². The molecule has 0 spiro atoms. The Hall–Kier alpha value is -1.75. The first-order chi connectivity index (χ1) is 9.58. The predicted octanol–water partition coefficient (Wildman–Crippen LogP) is 1.20. The van der Waals surface area contributed by atoms with Gasteiger partial charge in [0.2, 0.25) is 5.91 Å². The van der Waals surface area contributed by atoms with E-state index in [1.165, 1.54) is 0 Å². The summed E-state index contributed by atoms with van der Waals surface area (Å²) in [6.45, 7) is 5.03. The van der Waals surface area contributed by atoms with Crippen LogP contribution >= 0.6 is 0 Å². The Balaban J connectivity index is 1.77. The van der Waals surface area contributed by atoms with Crippen molar-refractivity contribution in [3.63, 3.8) is 0 Å². The van der Waals surface area contributed by atoms with Crippen LogP contribution in [0.1, 0.15) is 13.3 Å². The van der Waals surface area contributed by atoms with Crippen LogP contribution in [0, 0.1) is 0 Å². The minimum atomic E-state index is 0.152. The molecule has 1 heterocycles. The van der Waals surface area contributed by atoms with E-state index in [1.807, 2.05) is 23.1 Å². The lowest BCUT2D eigenvalue weighted by molar-refractivity contribution is -0.134. The lowest BCUT2D eigenvalue weighted by atomic mass is 10.2. The SMILES string of the molecule is CC1CN(C(=O)CCOc2ccccc2N)CCN1C. The summed E-state index contributed by atoms with van der Waals surface area (Å²) in [7, 11) is 2.09. The van der Waals surface area contributed by atoms with E-state index in [0.29, 0.717) is 30.5 Å². The van der Waals surface area contributed by atoms with Gasteiger partial charge in [-0.2, -0.15) is 0 Å². The molecule has 2 N–H and O–H groups in total. The molecule has 1 fully saturated rings. The number of likely N-dealkylation sites (N-methyl/N-ethyl adjacent to an activating group) is 1. The topological polar surface area (TPSA) is 58.8 Å². The molecule has 0 saturated carbocycles. The van der Waals surface area contributed by atoms with Gasteiger partial charge in [-0.3, -0.25) is 4.79 Å². The summed E-state index contributed by atoms with van der Waals surface area (Å²) in [5, 5.41) is 0. The lowest BCUT2D eigenvalue weighted by Crippen LogP contribution is -2.52. The highest BCUT2D eigenvalue weighted by molar-refractivity contribution is 5.76. The van der Waals surface area contributed by atoms with E-state index < -0.39 is 0 Å². The van der Waals surface area contributed by atoms with Crippen LogP contribution in [0.5, 0.6) is 5.75 Å². The van der Waals surface area contributed by atoms with Crippen LogP contribution in [-0.2, 0) is 4.79 Å². The summed E-state index contributed by atoms with van der Waals surface area (Å²) in [6.07, 6.45) is 0.394. The fourth-order valence-corrected chi connectivity index (χ4v) is 2.29. The minimum Gasteiger partial charge on any atom is -0.491 e. The van der Waals surface area contributed by atoms with Crippen molar-refractivity contribution in [3.05, 3.63) is 24.3 Å².